The quantitative estimate of drug-likeness (QED) is 0.0265. The Hall–Kier alpha value is -1.51. The standard InChI is InChI=1S/C51H98NO8P/c1-3-5-7-9-11-13-15-17-19-21-23-24-26-28-30-32-34-36-38-40-42-44-51(54)60-49(48-59-61(55,56)58-46-45-52)47-57-50(53)43-41-39-37-35-33-31-29-27-25-22-20-18-16-14-12-10-8-6-4-2/h15,17,21,23,49H,3-14,16,18-20,22,24-48,52H2,1-2H3,(H,55,56)/b17-15-,23-21-. The number of nitrogens with two attached hydrogens (primary N) is 1. The average Bonchev–Trinajstić information content (AvgIpc) is 3.25. The molecule has 0 saturated carbocycles. The number of rotatable bonds is 49. The minimum atomic E-state index is -4.38. The summed E-state index contributed by atoms with van der Waals surface area (Å²) >= 11 is 0. The maximum atomic E-state index is 12.7. The minimum absolute atomic E-state index is 0.0546. The summed E-state index contributed by atoms with van der Waals surface area (Å²) in [6.45, 7) is 3.77. The maximum absolute atomic E-state index is 12.7. The second-order valence-corrected chi connectivity index (χ2v) is 18.9. The lowest BCUT2D eigenvalue weighted by atomic mass is 10.0. The molecule has 0 fully saturated rings. The number of carbonyl (C=O) groups excluding carboxylic acids is 2. The van der Waals surface area contributed by atoms with Crippen LogP contribution in [0.2, 0.25) is 0 Å². The summed E-state index contributed by atoms with van der Waals surface area (Å²) < 4.78 is 32.9. The van der Waals surface area contributed by atoms with Crippen molar-refractivity contribution in [2.24, 2.45) is 5.73 Å². The molecule has 0 bridgehead atoms. The van der Waals surface area contributed by atoms with E-state index in [1.165, 1.54) is 173 Å². The van der Waals surface area contributed by atoms with Gasteiger partial charge in [-0.2, -0.15) is 0 Å². The SMILES string of the molecule is CCCCCCC/C=C\C/C=C\CCCCCCCCCCCC(=O)OC(COC(=O)CCCCCCCCCCCCCCCCCCCCC)COP(=O)(O)OCCN. The number of phosphoric acid groups is 1. The van der Waals surface area contributed by atoms with Gasteiger partial charge in [0, 0.05) is 19.4 Å². The Morgan fingerprint density at radius 1 is 0.492 bits per heavy atom. The van der Waals surface area contributed by atoms with Crippen LogP contribution in [0.4, 0.5) is 0 Å². The Bertz CT molecular complexity index is 1050. The van der Waals surface area contributed by atoms with Crippen LogP contribution in [-0.4, -0.2) is 49.3 Å². The molecule has 2 unspecified atom stereocenters. The van der Waals surface area contributed by atoms with Crippen molar-refractivity contribution in [2.45, 2.75) is 264 Å². The summed E-state index contributed by atoms with van der Waals surface area (Å²) in [6.07, 6.45) is 53.5. The Morgan fingerprint density at radius 3 is 1.25 bits per heavy atom. The number of allylic oxidation sites excluding steroid dienone is 4. The molecule has 9 nitrogen and oxygen atoms in total. The van der Waals surface area contributed by atoms with E-state index in [1.54, 1.807) is 0 Å². The highest BCUT2D eigenvalue weighted by atomic mass is 31.2. The van der Waals surface area contributed by atoms with Crippen molar-refractivity contribution in [1.82, 2.24) is 0 Å². The molecule has 3 N–H and O–H groups in total. The van der Waals surface area contributed by atoms with E-state index in [2.05, 4.69) is 38.2 Å². The van der Waals surface area contributed by atoms with Crippen LogP contribution >= 0.6 is 7.82 Å². The predicted molar refractivity (Wildman–Crippen MR) is 257 cm³/mol. The fourth-order valence-corrected chi connectivity index (χ4v) is 8.26. The molecular formula is C51H98NO8P. The molecule has 0 aromatic rings. The van der Waals surface area contributed by atoms with E-state index < -0.39 is 26.5 Å². The van der Waals surface area contributed by atoms with Gasteiger partial charge in [-0.05, 0) is 44.9 Å². The molecule has 360 valence electrons. The van der Waals surface area contributed by atoms with Gasteiger partial charge in [-0.3, -0.25) is 18.6 Å². The molecule has 0 saturated heterocycles. The third kappa shape index (κ3) is 47.8. The number of phosphoric ester groups is 1. The molecule has 10 heteroatoms. The van der Waals surface area contributed by atoms with E-state index in [0.29, 0.717) is 6.42 Å². The Labute approximate surface area is 376 Å². The Kier molecular flexibility index (Phi) is 46.8. The van der Waals surface area contributed by atoms with Crippen molar-refractivity contribution in [3.05, 3.63) is 24.3 Å². The van der Waals surface area contributed by atoms with Crippen LogP contribution in [0.5, 0.6) is 0 Å². The van der Waals surface area contributed by atoms with Gasteiger partial charge in [-0.25, -0.2) is 4.57 Å². The normalized spacial score (nSPS) is 13.3. The van der Waals surface area contributed by atoms with Crippen LogP contribution in [0.3, 0.4) is 0 Å². The van der Waals surface area contributed by atoms with Crippen LogP contribution in [0.1, 0.15) is 258 Å². The molecule has 0 rings (SSSR count). The lowest BCUT2D eigenvalue weighted by molar-refractivity contribution is -0.161. The summed E-state index contributed by atoms with van der Waals surface area (Å²) in [5, 5.41) is 0. The molecule has 0 aliphatic heterocycles. The van der Waals surface area contributed by atoms with Gasteiger partial charge >= 0.3 is 19.8 Å². The first-order valence-electron chi connectivity index (χ1n) is 25.8. The highest BCUT2D eigenvalue weighted by Crippen LogP contribution is 2.43. The lowest BCUT2D eigenvalue weighted by Gasteiger charge is -2.19. The van der Waals surface area contributed by atoms with Crippen molar-refractivity contribution in [1.29, 1.82) is 0 Å². The zero-order chi connectivity index (χ0) is 44.6. The second kappa shape index (κ2) is 48.0. The first-order chi connectivity index (χ1) is 29.8. The number of ether oxygens (including phenoxy) is 2. The zero-order valence-corrected chi connectivity index (χ0v) is 40.8. The number of unbranched alkanes of at least 4 members (excludes halogenated alkanes) is 32. The summed E-state index contributed by atoms with van der Waals surface area (Å²) in [5.74, 6) is -0.819. The minimum Gasteiger partial charge on any atom is -0.462 e. The lowest BCUT2D eigenvalue weighted by Crippen LogP contribution is -2.29. The molecule has 0 aliphatic carbocycles. The van der Waals surface area contributed by atoms with Gasteiger partial charge in [-0.15, -0.1) is 0 Å². The fourth-order valence-electron chi connectivity index (χ4n) is 7.49. The van der Waals surface area contributed by atoms with E-state index in [9.17, 15) is 19.0 Å². The van der Waals surface area contributed by atoms with Gasteiger partial charge in [-0.1, -0.05) is 224 Å². The zero-order valence-electron chi connectivity index (χ0n) is 39.9. The van der Waals surface area contributed by atoms with E-state index in [0.717, 1.165) is 51.4 Å². The second-order valence-electron chi connectivity index (χ2n) is 17.4. The van der Waals surface area contributed by atoms with Crippen LogP contribution < -0.4 is 5.73 Å². The monoisotopic (exact) mass is 884 g/mol. The van der Waals surface area contributed by atoms with Gasteiger partial charge in [0.05, 0.1) is 13.2 Å². The molecule has 0 radical (unpaired) electrons. The molecule has 0 aliphatic rings. The first kappa shape index (κ1) is 59.5. The number of carbonyl (C=O) groups is 2. The Balaban J connectivity index is 4.03. The van der Waals surface area contributed by atoms with Crippen LogP contribution in [0, 0.1) is 0 Å². The molecule has 0 aromatic carbocycles. The number of hydrogen-bond acceptors (Lipinski definition) is 8. The topological polar surface area (TPSA) is 134 Å². The number of hydrogen-bond donors (Lipinski definition) is 2. The highest BCUT2D eigenvalue weighted by molar-refractivity contribution is 7.47. The smallest absolute Gasteiger partial charge is 0.462 e. The third-order valence-electron chi connectivity index (χ3n) is 11.3. The number of esters is 2. The molecule has 0 amide bonds. The molecule has 2 atom stereocenters. The van der Waals surface area contributed by atoms with E-state index in [-0.39, 0.29) is 38.6 Å². The predicted octanol–water partition coefficient (Wildman–Crippen LogP) is 15.5. The van der Waals surface area contributed by atoms with Crippen molar-refractivity contribution in [2.75, 3.05) is 26.4 Å². The van der Waals surface area contributed by atoms with E-state index in [1.807, 2.05) is 0 Å². The molecule has 61 heavy (non-hydrogen) atoms. The van der Waals surface area contributed by atoms with Crippen LogP contribution in [0.25, 0.3) is 0 Å². The molecule has 0 heterocycles. The average molecular weight is 884 g/mol. The summed E-state index contributed by atoms with van der Waals surface area (Å²) in [6, 6.07) is 0. The van der Waals surface area contributed by atoms with Gasteiger partial charge in [0.2, 0.25) is 0 Å². The summed E-state index contributed by atoms with van der Waals surface area (Å²) in [7, 11) is -4.38. The summed E-state index contributed by atoms with van der Waals surface area (Å²) in [5.41, 5.74) is 5.37. The van der Waals surface area contributed by atoms with Crippen LogP contribution in [0.15, 0.2) is 24.3 Å². The van der Waals surface area contributed by atoms with Crippen molar-refractivity contribution in [3.8, 4) is 0 Å². The first-order valence-corrected chi connectivity index (χ1v) is 27.3. The van der Waals surface area contributed by atoms with Gasteiger partial charge in [0.25, 0.3) is 0 Å². The highest BCUT2D eigenvalue weighted by Gasteiger charge is 2.26. The third-order valence-corrected chi connectivity index (χ3v) is 12.3. The van der Waals surface area contributed by atoms with Gasteiger partial charge < -0.3 is 20.1 Å². The molecule has 0 spiro atoms. The Morgan fingerprint density at radius 2 is 0.852 bits per heavy atom. The maximum Gasteiger partial charge on any atom is 0.472 e. The van der Waals surface area contributed by atoms with Crippen molar-refractivity contribution >= 4 is 19.8 Å². The summed E-state index contributed by atoms with van der Waals surface area (Å²) in [4.78, 5) is 35.1. The largest absolute Gasteiger partial charge is 0.472 e. The molecular weight excluding hydrogens is 786 g/mol. The molecule has 0 aromatic heterocycles. The van der Waals surface area contributed by atoms with Crippen molar-refractivity contribution < 1.29 is 37.6 Å². The fraction of sp³-hybridized carbons (Fsp3) is 0.882. The van der Waals surface area contributed by atoms with Gasteiger partial charge in [0.1, 0.15) is 6.61 Å². The van der Waals surface area contributed by atoms with E-state index in [4.69, 9.17) is 24.3 Å². The van der Waals surface area contributed by atoms with Crippen LogP contribution in [-0.2, 0) is 32.7 Å². The van der Waals surface area contributed by atoms with E-state index >= 15 is 0 Å². The van der Waals surface area contributed by atoms with Crippen molar-refractivity contribution in [3.63, 3.8) is 0 Å². The van der Waals surface area contributed by atoms with Gasteiger partial charge in [0.15, 0.2) is 6.10 Å².